The predicted octanol–water partition coefficient (Wildman–Crippen LogP) is 5.36. The maximum absolute atomic E-state index is 13.7. The maximum Gasteiger partial charge on any atom is 0.243 e. The van der Waals surface area contributed by atoms with Gasteiger partial charge in [-0.1, -0.05) is 48.0 Å². The van der Waals surface area contributed by atoms with Gasteiger partial charge in [0.2, 0.25) is 15.9 Å². The van der Waals surface area contributed by atoms with Crippen LogP contribution in [0.1, 0.15) is 27.3 Å². The van der Waals surface area contributed by atoms with Gasteiger partial charge in [-0.2, -0.15) is 4.31 Å². The van der Waals surface area contributed by atoms with E-state index in [9.17, 15) is 13.2 Å². The lowest BCUT2D eigenvalue weighted by molar-refractivity contribution is -0.116. The Morgan fingerprint density at radius 3 is 2.32 bits per heavy atom. The highest BCUT2D eigenvalue weighted by molar-refractivity contribution is 7.89. The number of thiazole rings is 1. The number of carbonyl (C=O) groups excluding carboxylic acids is 1. The largest absolute Gasteiger partial charge is 0.324 e. The SMILES string of the molecule is Cc1cc(C)c(NC(=O)CN(Cc2ccccc2)S(=O)(=O)c2ccc3nc(C)sc3c2)c(C)c1. The Labute approximate surface area is 204 Å². The summed E-state index contributed by atoms with van der Waals surface area (Å²) in [4.78, 5) is 17.6. The summed E-state index contributed by atoms with van der Waals surface area (Å²) in [5.74, 6) is -0.385. The van der Waals surface area contributed by atoms with Crippen molar-refractivity contribution in [3.63, 3.8) is 0 Å². The second-order valence-corrected chi connectivity index (χ2v) is 11.6. The van der Waals surface area contributed by atoms with Crippen LogP contribution in [0.3, 0.4) is 0 Å². The molecule has 8 heteroatoms. The second-order valence-electron chi connectivity index (χ2n) is 8.44. The van der Waals surface area contributed by atoms with Crippen molar-refractivity contribution >= 4 is 43.2 Å². The second kappa shape index (κ2) is 9.66. The topological polar surface area (TPSA) is 79.4 Å². The third-order valence-electron chi connectivity index (χ3n) is 5.57. The lowest BCUT2D eigenvalue weighted by Crippen LogP contribution is -2.37. The highest BCUT2D eigenvalue weighted by Crippen LogP contribution is 2.27. The number of fused-ring (bicyclic) bond motifs is 1. The molecule has 176 valence electrons. The molecule has 0 saturated heterocycles. The number of nitrogens with one attached hydrogen (secondary N) is 1. The summed E-state index contributed by atoms with van der Waals surface area (Å²) in [6.07, 6.45) is 0. The minimum absolute atomic E-state index is 0.0855. The zero-order valence-electron chi connectivity index (χ0n) is 19.6. The van der Waals surface area contributed by atoms with Crippen LogP contribution in [0.15, 0.2) is 65.6 Å². The number of nitrogens with zero attached hydrogens (tertiary/aromatic N) is 2. The van der Waals surface area contributed by atoms with E-state index < -0.39 is 10.0 Å². The molecule has 1 N–H and O–H groups in total. The number of rotatable bonds is 7. The molecule has 1 amide bonds. The first-order chi connectivity index (χ1) is 16.1. The van der Waals surface area contributed by atoms with Crippen molar-refractivity contribution in [3.05, 3.63) is 87.9 Å². The number of benzene rings is 3. The van der Waals surface area contributed by atoms with Gasteiger partial charge < -0.3 is 5.32 Å². The minimum Gasteiger partial charge on any atom is -0.324 e. The Bertz CT molecular complexity index is 1440. The van der Waals surface area contributed by atoms with Crippen LogP contribution in [-0.2, 0) is 21.4 Å². The van der Waals surface area contributed by atoms with E-state index in [-0.39, 0.29) is 23.9 Å². The van der Waals surface area contributed by atoms with Crippen LogP contribution in [0.4, 0.5) is 5.69 Å². The van der Waals surface area contributed by atoms with Crippen LogP contribution in [0.5, 0.6) is 0 Å². The van der Waals surface area contributed by atoms with Crippen molar-refractivity contribution in [1.82, 2.24) is 9.29 Å². The molecule has 4 rings (SSSR count). The van der Waals surface area contributed by atoms with Crippen molar-refractivity contribution in [2.24, 2.45) is 0 Å². The molecule has 3 aromatic carbocycles. The fraction of sp³-hybridized carbons (Fsp3) is 0.231. The number of aryl methyl sites for hydroxylation is 4. The van der Waals surface area contributed by atoms with Gasteiger partial charge in [-0.15, -0.1) is 11.3 Å². The standard InChI is InChI=1S/C26H27N3O3S2/c1-17-12-18(2)26(19(3)13-17)28-25(30)16-29(15-21-8-6-5-7-9-21)34(31,32)22-10-11-23-24(14-22)33-20(4)27-23/h5-14H,15-16H2,1-4H3,(H,28,30). The van der Waals surface area contributed by atoms with Gasteiger partial charge in [0, 0.05) is 12.2 Å². The average molecular weight is 494 g/mol. The highest BCUT2D eigenvalue weighted by atomic mass is 32.2. The van der Waals surface area contributed by atoms with Gasteiger partial charge in [-0.25, -0.2) is 13.4 Å². The fourth-order valence-corrected chi connectivity index (χ4v) is 6.41. The highest BCUT2D eigenvalue weighted by Gasteiger charge is 2.28. The molecule has 1 aromatic heterocycles. The lowest BCUT2D eigenvalue weighted by Gasteiger charge is -2.23. The Morgan fingerprint density at radius 2 is 1.65 bits per heavy atom. The Morgan fingerprint density at radius 1 is 0.971 bits per heavy atom. The van der Waals surface area contributed by atoms with Crippen LogP contribution >= 0.6 is 11.3 Å². The monoisotopic (exact) mass is 493 g/mol. The Kier molecular flexibility index (Phi) is 6.84. The normalized spacial score (nSPS) is 11.8. The van der Waals surface area contributed by atoms with E-state index in [4.69, 9.17) is 0 Å². The van der Waals surface area contributed by atoms with Gasteiger partial charge in [0.25, 0.3) is 0 Å². The predicted molar refractivity (Wildman–Crippen MR) is 138 cm³/mol. The first-order valence-corrected chi connectivity index (χ1v) is 13.2. The molecule has 0 bridgehead atoms. The number of hydrogen-bond donors (Lipinski definition) is 1. The van der Waals surface area contributed by atoms with E-state index in [2.05, 4.69) is 10.3 Å². The molecule has 4 aromatic rings. The van der Waals surface area contributed by atoms with Gasteiger partial charge in [0.05, 0.1) is 26.7 Å². The van der Waals surface area contributed by atoms with Crippen molar-refractivity contribution in [2.45, 2.75) is 39.1 Å². The van der Waals surface area contributed by atoms with Crippen LogP contribution in [0, 0.1) is 27.7 Å². The van der Waals surface area contributed by atoms with Crippen molar-refractivity contribution in [2.75, 3.05) is 11.9 Å². The maximum atomic E-state index is 13.7. The van der Waals surface area contributed by atoms with E-state index in [1.807, 2.05) is 70.2 Å². The molecule has 0 atom stereocenters. The van der Waals surface area contributed by atoms with Crippen molar-refractivity contribution < 1.29 is 13.2 Å². The average Bonchev–Trinajstić information content (AvgIpc) is 3.15. The molecule has 0 unspecified atom stereocenters. The first-order valence-electron chi connectivity index (χ1n) is 10.9. The number of sulfonamides is 1. The van der Waals surface area contributed by atoms with Gasteiger partial charge in [-0.05, 0) is 62.6 Å². The number of aromatic nitrogens is 1. The summed E-state index contributed by atoms with van der Waals surface area (Å²) in [6.45, 7) is 7.54. The summed E-state index contributed by atoms with van der Waals surface area (Å²) in [6, 6.07) is 18.2. The van der Waals surface area contributed by atoms with E-state index in [1.54, 1.807) is 18.2 Å². The summed E-state index contributed by atoms with van der Waals surface area (Å²) >= 11 is 1.44. The number of amides is 1. The fourth-order valence-electron chi connectivity index (χ4n) is 4.06. The molecule has 1 heterocycles. The molecular formula is C26H27N3O3S2. The minimum atomic E-state index is -3.94. The number of carbonyl (C=O) groups is 1. The lowest BCUT2D eigenvalue weighted by atomic mass is 10.1. The molecule has 0 aliphatic carbocycles. The smallest absolute Gasteiger partial charge is 0.243 e. The van der Waals surface area contributed by atoms with Gasteiger partial charge in [-0.3, -0.25) is 4.79 Å². The van der Waals surface area contributed by atoms with E-state index in [0.29, 0.717) is 5.69 Å². The van der Waals surface area contributed by atoms with Crippen LogP contribution in [0.25, 0.3) is 10.2 Å². The van der Waals surface area contributed by atoms with E-state index in [1.165, 1.54) is 15.6 Å². The molecule has 0 fully saturated rings. The summed E-state index contributed by atoms with van der Waals surface area (Å²) in [7, 11) is -3.94. The molecule has 0 radical (unpaired) electrons. The molecule has 34 heavy (non-hydrogen) atoms. The Hall–Kier alpha value is -3.07. The summed E-state index contributed by atoms with van der Waals surface area (Å²) in [5.41, 5.74) is 5.27. The van der Waals surface area contributed by atoms with Gasteiger partial charge in [0.1, 0.15) is 0 Å². The summed E-state index contributed by atoms with van der Waals surface area (Å²) in [5, 5.41) is 3.79. The van der Waals surface area contributed by atoms with Crippen LogP contribution in [-0.4, -0.2) is 30.2 Å². The third kappa shape index (κ3) is 5.19. The van der Waals surface area contributed by atoms with E-state index >= 15 is 0 Å². The molecule has 6 nitrogen and oxygen atoms in total. The molecule has 0 spiro atoms. The zero-order valence-corrected chi connectivity index (χ0v) is 21.3. The molecule has 0 aliphatic rings. The van der Waals surface area contributed by atoms with Gasteiger partial charge >= 0.3 is 0 Å². The van der Waals surface area contributed by atoms with Crippen molar-refractivity contribution in [3.8, 4) is 0 Å². The summed E-state index contributed by atoms with van der Waals surface area (Å²) < 4.78 is 29.4. The first kappa shape index (κ1) is 24.1. The van der Waals surface area contributed by atoms with Crippen molar-refractivity contribution in [1.29, 1.82) is 0 Å². The zero-order chi connectivity index (χ0) is 24.5. The number of hydrogen-bond acceptors (Lipinski definition) is 5. The molecule has 0 saturated carbocycles. The molecule has 0 aliphatic heterocycles. The van der Waals surface area contributed by atoms with Gasteiger partial charge in [0.15, 0.2) is 0 Å². The Balaban J connectivity index is 1.66. The van der Waals surface area contributed by atoms with E-state index in [0.717, 1.165) is 37.5 Å². The van der Waals surface area contributed by atoms with Crippen LogP contribution in [0.2, 0.25) is 0 Å². The number of anilines is 1. The third-order valence-corrected chi connectivity index (χ3v) is 8.29. The molecular weight excluding hydrogens is 466 g/mol. The van der Waals surface area contributed by atoms with Crippen LogP contribution < -0.4 is 5.32 Å². The quantitative estimate of drug-likeness (QED) is 0.376.